The molecule has 222 valence electrons. The van der Waals surface area contributed by atoms with E-state index in [1.54, 1.807) is 4.90 Å². The summed E-state index contributed by atoms with van der Waals surface area (Å²) in [6, 6.07) is 14.5. The zero-order valence-electron chi connectivity index (χ0n) is 24.5. The molecule has 8 heteroatoms. The van der Waals surface area contributed by atoms with Gasteiger partial charge in [0.15, 0.2) is 0 Å². The summed E-state index contributed by atoms with van der Waals surface area (Å²) >= 11 is 6.08. The molecular weight excluding hydrogens is 550 g/mol. The molecule has 1 spiro atoms. The lowest BCUT2D eigenvalue weighted by atomic mass is 9.74. The average Bonchev–Trinajstić information content (AvgIpc) is 3.61. The SMILES string of the molecule is CC(C)c1ccc(NC(=O)[C@H]2[C@H]3C=C[C@@]4(O3)[C@H]2C(=O)N(CCc2ccc(Cl)cc2)[C@@H]4C(=O)N[C@@H]2CCCC[C@H]2C)cc1. The number of carbonyl (C=O) groups is 3. The Labute approximate surface area is 253 Å². The van der Waals surface area contributed by atoms with E-state index in [2.05, 4.69) is 31.4 Å². The van der Waals surface area contributed by atoms with Crippen molar-refractivity contribution in [2.24, 2.45) is 17.8 Å². The Morgan fingerprint density at radius 1 is 1.05 bits per heavy atom. The van der Waals surface area contributed by atoms with Gasteiger partial charge in [0.25, 0.3) is 0 Å². The molecule has 6 rings (SSSR count). The fourth-order valence-electron chi connectivity index (χ4n) is 7.38. The molecule has 7 nitrogen and oxygen atoms in total. The first-order valence-electron chi connectivity index (χ1n) is 15.3. The fraction of sp³-hybridized carbons (Fsp3) is 0.500. The van der Waals surface area contributed by atoms with E-state index >= 15 is 0 Å². The van der Waals surface area contributed by atoms with Crippen LogP contribution < -0.4 is 10.6 Å². The van der Waals surface area contributed by atoms with E-state index in [-0.39, 0.29) is 23.8 Å². The largest absolute Gasteiger partial charge is 0.359 e. The molecule has 0 unspecified atom stereocenters. The third kappa shape index (κ3) is 5.15. The minimum absolute atomic E-state index is 0.0606. The zero-order valence-corrected chi connectivity index (χ0v) is 25.3. The molecule has 3 fully saturated rings. The van der Waals surface area contributed by atoms with Gasteiger partial charge in [-0.05, 0) is 66.5 Å². The molecule has 0 radical (unpaired) electrons. The monoisotopic (exact) mass is 589 g/mol. The zero-order chi connectivity index (χ0) is 29.6. The molecule has 3 amide bonds. The number of ether oxygens (including phenoxy) is 1. The summed E-state index contributed by atoms with van der Waals surface area (Å²) in [7, 11) is 0. The number of hydrogen-bond acceptors (Lipinski definition) is 4. The quantitative estimate of drug-likeness (QED) is 0.399. The minimum atomic E-state index is -1.17. The highest BCUT2D eigenvalue weighted by molar-refractivity contribution is 6.30. The van der Waals surface area contributed by atoms with Crippen molar-refractivity contribution in [2.45, 2.75) is 82.6 Å². The Morgan fingerprint density at radius 2 is 1.76 bits per heavy atom. The van der Waals surface area contributed by atoms with Crippen molar-refractivity contribution in [3.8, 4) is 0 Å². The average molecular weight is 590 g/mol. The van der Waals surface area contributed by atoms with Crippen molar-refractivity contribution < 1.29 is 19.1 Å². The van der Waals surface area contributed by atoms with E-state index < -0.39 is 29.6 Å². The van der Waals surface area contributed by atoms with E-state index in [0.717, 1.165) is 24.8 Å². The molecule has 2 saturated heterocycles. The number of carbonyl (C=O) groups excluding carboxylic acids is 3. The lowest BCUT2D eigenvalue weighted by Crippen LogP contribution is -2.57. The number of rotatable bonds is 8. The van der Waals surface area contributed by atoms with Gasteiger partial charge in [-0.3, -0.25) is 14.4 Å². The van der Waals surface area contributed by atoms with Crippen LogP contribution in [0, 0.1) is 17.8 Å². The summed E-state index contributed by atoms with van der Waals surface area (Å²) in [5.41, 5.74) is 1.70. The first-order chi connectivity index (χ1) is 20.2. The van der Waals surface area contributed by atoms with Gasteiger partial charge in [-0.15, -0.1) is 0 Å². The highest BCUT2D eigenvalue weighted by atomic mass is 35.5. The number of amides is 3. The molecular formula is C34H40ClN3O4. The number of benzene rings is 2. The van der Waals surface area contributed by atoms with Gasteiger partial charge < -0.3 is 20.3 Å². The number of nitrogens with one attached hydrogen (secondary N) is 2. The van der Waals surface area contributed by atoms with Gasteiger partial charge in [0.05, 0.1) is 17.9 Å². The predicted octanol–water partition coefficient (Wildman–Crippen LogP) is 5.49. The van der Waals surface area contributed by atoms with Crippen LogP contribution in [0.1, 0.15) is 63.5 Å². The van der Waals surface area contributed by atoms with Crippen molar-refractivity contribution in [1.82, 2.24) is 10.2 Å². The highest BCUT2D eigenvalue weighted by Gasteiger charge is 2.72. The molecule has 3 heterocycles. The maximum atomic E-state index is 14.2. The van der Waals surface area contributed by atoms with Crippen LogP contribution in [-0.4, -0.2) is 53.0 Å². The number of fused-ring (bicyclic) bond motifs is 1. The Balaban J connectivity index is 1.27. The van der Waals surface area contributed by atoms with Gasteiger partial charge >= 0.3 is 0 Å². The summed E-state index contributed by atoms with van der Waals surface area (Å²) in [4.78, 5) is 43.8. The second-order valence-electron chi connectivity index (χ2n) is 12.8. The van der Waals surface area contributed by atoms with Crippen molar-refractivity contribution in [2.75, 3.05) is 11.9 Å². The van der Waals surface area contributed by atoms with Crippen molar-refractivity contribution in [1.29, 1.82) is 0 Å². The standard InChI is InChI=1S/C34H40ClN3O4/c1-20(2)23-10-14-25(15-11-23)36-31(39)28-27-16-18-34(42-27)29(28)33(41)38(19-17-22-8-12-24(35)13-9-22)30(34)32(40)37-26-7-5-4-6-21(26)3/h8-16,18,20-21,26-30H,4-7,17,19H2,1-3H3,(H,36,39)(H,37,40)/t21-,26-,27-,28+,29-,30-,34-/m1/s1. The summed E-state index contributed by atoms with van der Waals surface area (Å²) in [5, 5.41) is 6.96. The molecule has 2 aromatic rings. The Hall–Kier alpha value is -3.16. The van der Waals surface area contributed by atoms with Crippen LogP contribution in [-0.2, 0) is 25.5 Å². The number of nitrogens with zero attached hydrogens (tertiary/aromatic N) is 1. The van der Waals surface area contributed by atoms with Gasteiger partial charge in [-0.25, -0.2) is 0 Å². The number of halogens is 1. The van der Waals surface area contributed by atoms with Crippen LogP contribution in [0.25, 0.3) is 0 Å². The van der Waals surface area contributed by atoms with E-state index in [9.17, 15) is 14.4 Å². The number of anilines is 1. The fourth-order valence-corrected chi connectivity index (χ4v) is 7.50. The lowest BCUT2D eigenvalue weighted by Gasteiger charge is -2.36. The second kappa shape index (κ2) is 11.5. The lowest BCUT2D eigenvalue weighted by molar-refractivity contribution is -0.141. The van der Waals surface area contributed by atoms with Crippen LogP contribution in [0.2, 0.25) is 5.02 Å². The van der Waals surface area contributed by atoms with E-state index in [4.69, 9.17) is 16.3 Å². The maximum absolute atomic E-state index is 14.2. The Bertz CT molecular complexity index is 1370. The van der Waals surface area contributed by atoms with Crippen LogP contribution >= 0.6 is 11.6 Å². The third-order valence-corrected chi connectivity index (χ3v) is 10.0. The van der Waals surface area contributed by atoms with Crippen LogP contribution in [0.3, 0.4) is 0 Å². The topological polar surface area (TPSA) is 87.7 Å². The maximum Gasteiger partial charge on any atom is 0.246 e. The summed E-state index contributed by atoms with van der Waals surface area (Å²) in [5.74, 6) is -1.41. The summed E-state index contributed by atoms with van der Waals surface area (Å²) < 4.78 is 6.51. The second-order valence-corrected chi connectivity index (χ2v) is 13.2. The summed E-state index contributed by atoms with van der Waals surface area (Å²) in [6.45, 7) is 6.76. The highest BCUT2D eigenvalue weighted by Crippen LogP contribution is 2.55. The predicted molar refractivity (Wildman–Crippen MR) is 163 cm³/mol. The van der Waals surface area contributed by atoms with Crippen molar-refractivity contribution >= 4 is 35.0 Å². The van der Waals surface area contributed by atoms with Crippen LogP contribution in [0.4, 0.5) is 5.69 Å². The molecule has 2 aromatic carbocycles. The first kappa shape index (κ1) is 28.9. The molecule has 42 heavy (non-hydrogen) atoms. The molecule has 2 N–H and O–H groups in total. The minimum Gasteiger partial charge on any atom is -0.359 e. The molecule has 0 aromatic heterocycles. The Kier molecular flexibility index (Phi) is 7.92. The van der Waals surface area contributed by atoms with E-state index in [1.807, 2.05) is 60.7 Å². The van der Waals surface area contributed by atoms with Crippen molar-refractivity contribution in [3.05, 3.63) is 76.8 Å². The number of hydrogen-bond donors (Lipinski definition) is 2. The van der Waals surface area contributed by atoms with Crippen LogP contribution in [0.15, 0.2) is 60.7 Å². The summed E-state index contributed by atoms with van der Waals surface area (Å²) in [6.07, 6.45) is 7.97. The normalized spacial score (nSPS) is 31.5. The Morgan fingerprint density at radius 3 is 2.45 bits per heavy atom. The van der Waals surface area contributed by atoms with Crippen LogP contribution in [0.5, 0.6) is 0 Å². The third-order valence-electron chi connectivity index (χ3n) is 9.76. The first-order valence-corrected chi connectivity index (χ1v) is 15.7. The van der Waals surface area contributed by atoms with Gasteiger partial charge in [0, 0.05) is 23.3 Å². The van der Waals surface area contributed by atoms with Crippen molar-refractivity contribution in [3.63, 3.8) is 0 Å². The smallest absolute Gasteiger partial charge is 0.246 e. The van der Waals surface area contributed by atoms with Gasteiger partial charge in [-0.1, -0.05) is 81.6 Å². The molecule has 4 aliphatic rings. The molecule has 2 bridgehead atoms. The van der Waals surface area contributed by atoms with Gasteiger partial charge in [0.1, 0.15) is 11.6 Å². The number of likely N-dealkylation sites (tertiary alicyclic amines) is 1. The van der Waals surface area contributed by atoms with E-state index in [1.165, 1.54) is 12.0 Å². The molecule has 7 atom stereocenters. The molecule has 1 saturated carbocycles. The van der Waals surface area contributed by atoms with E-state index in [0.29, 0.717) is 35.5 Å². The van der Waals surface area contributed by atoms with Gasteiger partial charge in [-0.2, -0.15) is 0 Å². The molecule has 3 aliphatic heterocycles. The molecule has 1 aliphatic carbocycles. The van der Waals surface area contributed by atoms with Gasteiger partial charge in [0.2, 0.25) is 17.7 Å².